The summed E-state index contributed by atoms with van der Waals surface area (Å²) in [7, 11) is 0. The molecular formula is C10H18N2OS. The lowest BCUT2D eigenvalue weighted by Crippen LogP contribution is -2.35. The molecule has 1 fully saturated rings. The Morgan fingerprint density at radius 1 is 1.50 bits per heavy atom. The molecule has 1 heterocycles. The van der Waals surface area contributed by atoms with Crippen LogP contribution in [0.2, 0.25) is 0 Å². The van der Waals surface area contributed by atoms with Crippen LogP contribution in [-0.2, 0) is 4.74 Å². The Morgan fingerprint density at radius 2 is 2.29 bits per heavy atom. The molecule has 1 N–H and O–H groups in total. The summed E-state index contributed by atoms with van der Waals surface area (Å²) in [6.45, 7) is 3.52. The summed E-state index contributed by atoms with van der Waals surface area (Å²) in [5.74, 6) is 0.727. The summed E-state index contributed by atoms with van der Waals surface area (Å²) in [6.07, 6.45) is 5.39. The molecule has 0 amide bonds. The molecule has 3 nitrogen and oxygen atoms in total. The molecule has 1 atom stereocenters. The van der Waals surface area contributed by atoms with Crippen molar-refractivity contribution in [3.63, 3.8) is 0 Å². The van der Waals surface area contributed by atoms with Crippen molar-refractivity contribution >= 4 is 16.8 Å². The molecule has 4 heteroatoms. The van der Waals surface area contributed by atoms with E-state index >= 15 is 0 Å². The summed E-state index contributed by atoms with van der Waals surface area (Å²) in [5.41, 5.74) is 0.133. The van der Waals surface area contributed by atoms with Crippen molar-refractivity contribution in [1.29, 1.82) is 0 Å². The van der Waals surface area contributed by atoms with E-state index in [1.807, 2.05) is 6.92 Å². The normalized spacial score (nSPS) is 29.2. The van der Waals surface area contributed by atoms with Gasteiger partial charge in [0.2, 0.25) is 0 Å². The molecule has 0 spiro atoms. The van der Waals surface area contributed by atoms with Gasteiger partial charge < -0.3 is 4.74 Å². The first-order valence-electron chi connectivity index (χ1n) is 5.46. The van der Waals surface area contributed by atoms with Gasteiger partial charge in [0.25, 0.3) is 0 Å². The van der Waals surface area contributed by atoms with E-state index in [1.165, 1.54) is 30.7 Å². The monoisotopic (exact) mass is 214 g/mol. The van der Waals surface area contributed by atoms with Gasteiger partial charge in [0.15, 0.2) is 5.56 Å². The fraction of sp³-hybridized carbons (Fsp3) is 0.900. The first-order valence-corrected chi connectivity index (χ1v) is 6.34. The van der Waals surface area contributed by atoms with Crippen molar-refractivity contribution in [2.75, 3.05) is 13.3 Å². The van der Waals surface area contributed by atoms with E-state index in [9.17, 15) is 0 Å². The fourth-order valence-corrected chi connectivity index (χ4v) is 3.18. The second-order valence-electron chi connectivity index (χ2n) is 3.75. The van der Waals surface area contributed by atoms with Gasteiger partial charge in [0, 0.05) is 12.5 Å². The van der Waals surface area contributed by atoms with Crippen molar-refractivity contribution in [1.82, 2.24) is 5.32 Å². The predicted molar refractivity (Wildman–Crippen MR) is 60.4 cm³/mol. The van der Waals surface area contributed by atoms with Gasteiger partial charge >= 0.3 is 0 Å². The Bertz CT molecular complexity index is 214. The zero-order valence-electron chi connectivity index (χ0n) is 8.66. The van der Waals surface area contributed by atoms with Crippen LogP contribution in [0.25, 0.3) is 0 Å². The maximum atomic E-state index is 5.54. The second-order valence-corrected chi connectivity index (χ2v) is 4.83. The molecule has 0 bridgehead atoms. The van der Waals surface area contributed by atoms with E-state index in [0.29, 0.717) is 0 Å². The Hall–Kier alpha value is -0.0600. The molecule has 80 valence electrons. The lowest BCUT2D eigenvalue weighted by Gasteiger charge is -2.25. The van der Waals surface area contributed by atoms with E-state index in [4.69, 9.17) is 4.74 Å². The van der Waals surface area contributed by atoms with Crippen LogP contribution in [0.1, 0.15) is 32.6 Å². The van der Waals surface area contributed by atoms with Crippen LogP contribution in [0.15, 0.2) is 4.99 Å². The van der Waals surface area contributed by atoms with Gasteiger partial charge in [-0.2, -0.15) is 0 Å². The fourth-order valence-electron chi connectivity index (χ4n) is 2.03. The average molecular weight is 214 g/mol. The molecule has 0 saturated heterocycles. The molecule has 1 saturated carbocycles. The molecule has 0 radical (unpaired) electrons. The Labute approximate surface area is 89.7 Å². The zero-order valence-corrected chi connectivity index (χ0v) is 9.48. The molecule has 14 heavy (non-hydrogen) atoms. The maximum absolute atomic E-state index is 5.54. The highest BCUT2D eigenvalue weighted by Crippen LogP contribution is 2.32. The summed E-state index contributed by atoms with van der Waals surface area (Å²) < 4.78 is 5.54. The van der Waals surface area contributed by atoms with Gasteiger partial charge in [-0.05, 0) is 19.8 Å². The van der Waals surface area contributed by atoms with E-state index in [-0.39, 0.29) is 5.56 Å². The number of nitrogens with one attached hydrogen (secondary N) is 1. The van der Waals surface area contributed by atoms with E-state index in [0.717, 1.165) is 19.2 Å². The summed E-state index contributed by atoms with van der Waals surface area (Å²) in [6, 6.07) is 0. The molecular weight excluding hydrogens is 196 g/mol. The smallest absolute Gasteiger partial charge is 0.163 e. The van der Waals surface area contributed by atoms with E-state index in [2.05, 4.69) is 10.3 Å². The number of ether oxygens (including phenoxy) is 1. The number of hydrogen-bond donors (Lipinski definition) is 1. The first-order chi connectivity index (χ1) is 6.90. The Balaban J connectivity index is 1.88. The van der Waals surface area contributed by atoms with Crippen LogP contribution < -0.4 is 5.32 Å². The van der Waals surface area contributed by atoms with Crippen molar-refractivity contribution in [2.24, 2.45) is 10.9 Å². The number of hydrogen-bond acceptors (Lipinski definition) is 4. The maximum Gasteiger partial charge on any atom is 0.163 e. The Kier molecular flexibility index (Phi) is 3.84. The van der Waals surface area contributed by atoms with Crippen LogP contribution in [0, 0.1) is 5.92 Å². The molecule has 1 aliphatic heterocycles. The quantitative estimate of drug-likeness (QED) is 0.782. The number of rotatable bonds is 3. The second kappa shape index (κ2) is 5.14. The van der Waals surface area contributed by atoms with Gasteiger partial charge in [-0.3, -0.25) is 10.3 Å². The topological polar surface area (TPSA) is 33.6 Å². The van der Waals surface area contributed by atoms with E-state index in [1.54, 1.807) is 11.8 Å². The van der Waals surface area contributed by atoms with E-state index < -0.39 is 0 Å². The highest BCUT2D eigenvalue weighted by atomic mass is 32.2. The Morgan fingerprint density at radius 3 is 3.00 bits per heavy atom. The third-order valence-electron chi connectivity index (χ3n) is 2.74. The SMILES string of the molecule is CCOC1NCN=C(C2CCCC2)S1. The van der Waals surface area contributed by atoms with Crippen LogP contribution in [-0.4, -0.2) is 23.9 Å². The van der Waals surface area contributed by atoms with Crippen LogP contribution in [0.4, 0.5) is 0 Å². The highest BCUT2D eigenvalue weighted by molar-refractivity contribution is 8.14. The van der Waals surface area contributed by atoms with Crippen LogP contribution in [0.5, 0.6) is 0 Å². The first kappa shape index (κ1) is 10.5. The molecule has 0 aromatic heterocycles. The summed E-state index contributed by atoms with van der Waals surface area (Å²) in [4.78, 5) is 4.53. The molecule has 2 rings (SSSR count). The van der Waals surface area contributed by atoms with Gasteiger partial charge in [-0.25, -0.2) is 0 Å². The zero-order chi connectivity index (χ0) is 9.80. The molecule has 0 aromatic rings. The minimum Gasteiger partial charge on any atom is -0.354 e. The number of nitrogens with zero attached hydrogens (tertiary/aromatic N) is 1. The molecule has 1 unspecified atom stereocenters. The number of thioether (sulfide) groups is 1. The largest absolute Gasteiger partial charge is 0.354 e. The van der Waals surface area contributed by atoms with Gasteiger partial charge in [-0.1, -0.05) is 24.6 Å². The minimum absolute atomic E-state index is 0.133. The van der Waals surface area contributed by atoms with Gasteiger partial charge in [0.05, 0.1) is 11.7 Å². The summed E-state index contributed by atoms with van der Waals surface area (Å²) >= 11 is 1.77. The third-order valence-corrected chi connectivity index (χ3v) is 3.96. The van der Waals surface area contributed by atoms with Crippen LogP contribution >= 0.6 is 11.8 Å². The van der Waals surface area contributed by atoms with Crippen molar-refractivity contribution in [3.8, 4) is 0 Å². The van der Waals surface area contributed by atoms with Gasteiger partial charge in [-0.15, -0.1) is 0 Å². The highest BCUT2D eigenvalue weighted by Gasteiger charge is 2.26. The molecule has 1 aliphatic carbocycles. The molecule has 0 aromatic carbocycles. The van der Waals surface area contributed by atoms with Gasteiger partial charge in [0.1, 0.15) is 0 Å². The lowest BCUT2D eigenvalue weighted by molar-refractivity contribution is 0.103. The minimum atomic E-state index is 0.133. The standard InChI is InChI=1S/C10H18N2OS/c1-2-13-10-12-7-11-9(14-10)8-5-3-4-6-8/h8,10,12H,2-7H2,1H3. The predicted octanol–water partition coefficient (Wildman–Crippen LogP) is 2.19. The van der Waals surface area contributed by atoms with Crippen molar-refractivity contribution in [3.05, 3.63) is 0 Å². The summed E-state index contributed by atoms with van der Waals surface area (Å²) in [5, 5.41) is 4.55. The third kappa shape index (κ3) is 2.49. The van der Waals surface area contributed by atoms with Crippen molar-refractivity contribution in [2.45, 2.75) is 38.2 Å². The average Bonchev–Trinajstić information content (AvgIpc) is 2.71. The lowest BCUT2D eigenvalue weighted by atomic mass is 10.1. The number of aliphatic imine (C=N–C) groups is 1. The van der Waals surface area contributed by atoms with Crippen LogP contribution in [0.3, 0.4) is 0 Å². The molecule has 2 aliphatic rings. The van der Waals surface area contributed by atoms with Crippen molar-refractivity contribution < 1.29 is 4.74 Å².